The SMILES string of the molecule is CCCC(CCC)C(=O)OC(Cn1ccnc1)c1ccc(Cl)cc1. The number of hydrogen-bond donors (Lipinski definition) is 0. The van der Waals surface area contributed by atoms with Crippen LogP contribution in [0.1, 0.15) is 51.2 Å². The Morgan fingerprint density at radius 2 is 1.88 bits per heavy atom. The maximum atomic E-state index is 12.6. The van der Waals surface area contributed by atoms with Gasteiger partial charge in [0.25, 0.3) is 0 Å². The summed E-state index contributed by atoms with van der Waals surface area (Å²) in [4.78, 5) is 16.7. The van der Waals surface area contributed by atoms with E-state index in [1.54, 1.807) is 12.5 Å². The monoisotopic (exact) mass is 348 g/mol. The molecule has 130 valence electrons. The van der Waals surface area contributed by atoms with Crippen molar-refractivity contribution < 1.29 is 9.53 Å². The Kier molecular flexibility index (Phi) is 7.32. The smallest absolute Gasteiger partial charge is 0.309 e. The molecule has 0 aliphatic carbocycles. The zero-order valence-electron chi connectivity index (χ0n) is 14.3. The van der Waals surface area contributed by atoms with Crippen molar-refractivity contribution >= 4 is 17.6 Å². The van der Waals surface area contributed by atoms with Crippen LogP contribution in [0.15, 0.2) is 43.0 Å². The maximum absolute atomic E-state index is 12.6. The molecular formula is C19H25ClN2O2. The molecule has 1 unspecified atom stereocenters. The minimum Gasteiger partial charge on any atom is -0.455 e. The van der Waals surface area contributed by atoms with Crippen molar-refractivity contribution in [3.63, 3.8) is 0 Å². The molecule has 2 rings (SSSR count). The quantitative estimate of drug-likeness (QED) is 0.596. The summed E-state index contributed by atoms with van der Waals surface area (Å²) in [5.41, 5.74) is 0.938. The third-order valence-electron chi connectivity index (χ3n) is 4.04. The van der Waals surface area contributed by atoms with Crippen molar-refractivity contribution in [2.24, 2.45) is 5.92 Å². The predicted octanol–water partition coefficient (Wildman–Crippen LogP) is 5.04. The summed E-state index contributed by atoms with van der Waals surface area (Å²) in [6.45, 7) is 4.73. The van der Waals surface area contributed by atoms with Crippen LogP contribution in [0.25, 0.3) is 0 Å². The molecule has 1 atom stereocenters. The third-order valence-corrected chi connectivity index (χ3v) is 4.30. The van der Waals surface area contributed by atoms with Gasteiger partial charge in [-0.25, -0.2) is 4.98 Å². The van der Waals surface area contributed by atoms with Crippen LogP contribution in [0.5, 0.6) is 0 Å². The summed E-state index contributed by atoms with van der Waals surface area (Å²) in [6, 6.07) is 7.46. The molecule has 0 bridgehead atoms. The number of esters is 1. The summed E-state index contributed by atoms with van der Waals surface area (Å²) in [6.07, 6.45) is 8.66. The van der Waals surface area contributed by atoms with E-state index in [2.05, 4.69) is 18.8 Å². The summed E-state index contributed by atoms with van der Waals surface area (Å²) >= 11 is 5.97. The van der Waals surface area contributed by atoms with Gasteiger partial charge in [0.15, 0.2) is 0 Å². The number of halogens is 1. The van der Waals surface area contributed by atoms with Gasteiger partial charge >= 0.3 is 5.97 Å². The molecule has 1 heterocycles. The Hall–Kier alpha value is -1.81. The fraction of sp³-hybridized carbons (Fsp3) is 0.474. The van der Waals surface area contributed by atoms with Crippen LogP contribution in [-0.4, -0.2) is 15.5 Å². The minimum absolute atomic E-state index is 0.0300. The third kappa shape index (κ3) is 5.38. The first-order valence-electron chi connectivity index (χ1n) is 8.55. The lowest BCUT2D eigenvalue weighted by atomic mass is 9.98. The molecule has 0 spiro atoms. The number of ether oxygens (including phenoxy) is 1. The number of carbonyl (C=O) groups excluding carboxylic acids is 1. The van der Waals surface area contributed by atoms with E-state index in [4.69, 9.17) is 16.3 Å². The number of benzene rings is 1. The zero-order valence-corrected chi connectivity index (χ0v) is 15.1. The lowest BCUT2D eigenvalue weighted by molar-refractivity contribution is -0.155. The topological polar surface area (TPSA) is 44.1 Å². The molecule has 0 aliphatic rings. The molecule has 0 aliphatic heterocycles. The predicted molar refractivity (Wildman–Crippen MR) is 95.8 cm³/mol. The van der Waals surface area contributed by atoms with Gasteiger partial charge < -0.3 is 9.30 Å². The van der Waals surface area contributed by atoms with Crippen LogP contribution < -0.4 is 0 Å². The Bertz CT molecular complexity index is 605. The molecular weight excluding hydrogens is 324 g/mol. The van der Waals surface area contributed by atoms with Crippen molar-refractivity contribution in [2.45, 2.75) is 52.2 Å². The maximum Gasteiger partial charge on any atom is 0.309 e. The first-order valence-corrected chi connectivity index (χ1v) is 8.93. The highest BCUT2D eigenvalue weighted by atomic mass is 35.5. The number of hydrogen-bond acceptors (Lipinski definition) is 3. The Balaban J connectivity index is 2.15. The second-order valence-corrected chi connectivity index (χ2v) is 6.45. The molecule has 5 heteroatoms. The second kappa shape index (κ2) is 9.48. The number of nitrogens with zero attached hydrogens (tertiary/aromatic N) is 2. The molecule has 1 aromatic heterocycles. The van der Waals surface area contributed by atoms with Gasteiger partial charge in [-0.05, 0) is 30.5 Å². The van der Waals surface area contributed by atoms with Crippen LogP contribution in [0.4, 0.5) is 0 Å². The van der Waals surface area contributed by atoms with Crippen molar-refractivity contribution in [2.75, 3.05) is 0 Å². The van der Waals surface area contributed by atoms with Gasteiger partial charge in [-0.2, -0.15) is 0 Å². The molecule has 0 fully saturated rings. The molecule has 2 aromatic rings. The normalized spacial score (nSPS) is 12.3. The van der Waals surface area contributed by atoms with Crippen LogP contribution in [-0.2, 0) is 16.1 Å². The molecule has 24 heavy (non-hydrogen) atoms. The summed E-state index contributed by atoms with van der Waals surface area (Å²) in [5, 5.41) is 0.668. The number of imidazole rings is 1. The van der Waals surface area contributed by atoms with E-state index >= 15 is 0 Å². The average molecular weight is 349 g/mol. The fourth-order valence-corrected chi connectivity index (χ4v) is 2.91. The summed E-state index contributed by atoms with van der Waals surface area (Å²) in [5.74, 6) is -0.142. The molecule has 1 aromatic carbocycles. The van der Waals surface area contributed by atoms with Crippen molar-refractivity contribution in [1.82, 2.24) is 9.55 Å². The average Bonchev–Trinajstić information content (AvgIpc) is 3.08. The Morgan fingerprint density at radius 1 is 1.21 bits per heavy atom. The highest BCUT2D eigenvalue weighted by molar-refractivity contribution is 6.30. The number of rotatable bonds is 9. The first kappa shape index (κ1) is 18.5. The lowest BCUT2D eigenvalue weighted by Gasteiger charge is -2.22. The first-order chi connectivity index (χ1) is 11.6. The molecule has 0 saturated carbocycles. The highest BCUT2D eigenvalue weighted by Gasteiger charge is 2.23. The van der Waals surface area contributed by atoms with E-state index in [9.17, 15) is 4.79 Å². The molecule has 0 N–H and O–H groups in total. The van der Waals surface area contributed by atoms with E-state index in [0.29, 0.717) is 11.6 Å². The Labute approximate surface area is 148 Å². The van der Waals surface area contributed by atoms with Gasteiger partial charge in [0.05, 0.1) is 18.8 Å². The number of aromatic nitrogens is 2. The van der Waals surface area contributed by atoms with Gasteiger partial charge in [0, 0.05) is 17.4 Å². The van der Waals surface area contributed by atoms with Gasteiger partial charge in [-0.3, -0.25) is 4.79 Å². The van der Waals surface area contributed by atoms with E-state index < -0.39 is 0 Å². The van der Waals surface area contributed by atoms with E-state index in [-0.39, 0.29) is 18.0 Å². The second-order valence-electron chi connectivity index (χ2n) is 6.01. The molecule has 4 nitrogen and oxygen atoms in total. The zero-order chi connectivity index (χ0) is 17.4. The highest BCUT2D eigenvalue weighted by Crippen LogP contribution is 2.25. The van der Waals surface area contributed by atoms with Crippen LogP contribution in [0.2, 0.25) is 5.02 Å². The van der Waals surface area contributed by atoms with Crippen LogP contribution in [0.3, 0.4) is 0 Å². The van der Waals surface area contributed by atoms with Gasteiger partial charge in [0.1, 0.15) is 6.10 Å². The number of carbonyl (C=O) groups is 1. The van der Waals surface area contributed by atoms with Crippen molar-refractivity contribution in [3.8, 4) is 0 Å². The van der Waals surface area contributed by atoms with Crippen LogP contribution in [0, 0.1) is 5.92 Å². The lowest BCUT2D eigenvalue weighted by Crippen LogP contribution is -2.22. The largest absolute Gasteiger partial charge is 0.455 e. The van der Waals surface area contributed by atoms with Crippen LogP contribution >= 0.6 is 11.6 Å². The summed E-state index contributed by atoms with van der Waals surface area (Å²) in [7, 11) is 0. The standard InChI is InChI=1S/C19H25ClN2O2/c1-3-5-16(6-4-2)19(23)24-18(13-22-12-11-21-14-22)15-7-9-17(20)10-8-15/h7-12,14,16,18H,3-6,13H2,1-2H3. The minimum atomic E-state index is -0.347. The van der Waals surface area contributed by atoms with E-state index in [0.717, 1.165) is 31.2 Å². The van der Waals surface area contributed by atoms with Gasteiger partial charge in [-0.1, -0.05) is 50.4 Å². The molecule has 0 amide bonds. The molecule has 0 radical (unpaired) electrons. The van der Waals surface area contributed by atoms with Crippen molar-refractivity contribution in [3.05, 3.63) is 53.6 Å². The van der Waals surface area contributed by atoms with Crippen molar-refractivity contribution in [1.29, 1.82) is 0 Å². The molecule has 0 saturated heterocycles. The fourth-order valence-electron chi connectivity index (χ4n) is 2.79. The Morgan fingerprint density at radius 3 is 2.42 bits per heavy atom. The van der Waals surface area contributed by atoms with E-state index in [1.807, 2.05) is 35.0 Å². The van der Waals surface area contributed by atoms with Gasteiger partial charge in [-0.15, -0.1) is 0 Å². The summed E-state index contributed by atoms with van der Waals surface area (Å²) < 4.78 is 7.80. The van der Waals surface area contributed by atoms with Gasteiger partial charge in [0.2, 0.25) is 0 Å². The van der Waals surface area contributed by atoms with E-state index in [1.165, 1.54) is 0 Å².